The first-order valence-electron chi connectivity index (χ1n) is 17.2. The van der Waals surface area contributed by atoms with Crippen molar-refractivity contribution in [2.24, 2.45) is 58.2 Å². The molecule has 5 aliphatic rings. The van der Waals surface area contributed by atoms with Crippen molar-refractivity contribution < 1.29 is 54.8 Å². The maximum atomic E-state index is 13.2. The zero-order valence-corrected chi connectivity index (χ0v) is 27.7. The molecule has 11 heteroatoms. The van der Waals surface area contributed by atoms with Gasteiger partial charge in [0.2, 0.25) is 0 Å². The van der Waals surface area contributed by atoms with Crippen LogP contribution >= 0.6 is 0 Å². The number of esters is 1. The Labute approximate surface area is 267 Å². The third-order valence-electron chi connectivity index (χ3n) is 13.6. The zero-order chi connectivity index (χ0) is 33.2. The fourth-order valence-corrected chi connectivity index (χ4v) is 10.5. The lowest BCUT2D eigenvalue weighted by atomic mass is 9.48. The first-order chi connectivity index (χ1) is 21.1. The predicted octanol–water partition coefficient (Wildman–Crippen LogP) is 1.21. The minimum absolute atomic E-state index is 0.114. The van der Waals surface area contributed by atoms with Crippen LogP contribution in [0.3, 0.4) is 0 Å². The van der Waals surface area contributed by atoms with Crippen molar-refractivity contribution in [2.45, 2.75) is 135 Å². The summed E-state index contributed by atoms with van der Waals surface area (Å²) in [4.78, 5) is 13.2. The van der Waals surface area contributed by atoms with Gasteiger partial charge in [-0.1, -0.05) is 41.5 Å². The van der Waals surface area contributed by atoms with E-state index in [-0.39, 0.29) is 59.2 Å². The van der Waals surface area contributed by atoms with Crippen LogP contribution in [0.4, 0.5) is 0 Å². The number of hydrogen-bond donors (Lipinski definition) is 7. The first kappa shape index (κ1) is 35.4. The van der Waals surface area contributed by atoms with Crippen LogP contribution in [-0.4, -0.2) is 110 Å². The van der Waals surface area contributed by atoms with Crippen LogP contribution < -0.4 is 0 Å². The van der Waals surface area contributed by atoms with Crippen molar-refractivity contribution in [2.75, 3.05) is 13.2 Å². The lowest BCUT2D eigenvalue weighted by molar-refractivity contribution is -0.324. The van der Waals surface area contributed by atoms with Gasteiger partial charge < -0.3 is 50.0 Å². The normalized spacial score (nSPS) is 49.6. The van der Waals surface area contributed by atoms with E-state index in [0.717, 1.165) is 25.7 Å². The van der Waals surface area contributed by atoms with Crippen molar-refractivity contribution in [3.8, 4) is 0 Å². The molecule has 3 aliphatic carbocycles. The lowest BCUT2D eigenvalue weighted by Crippen LogP contribution is -2.61. The minimum atomic E-state index is -1.57. The molecule has 2 heterocycles. The average molecular weight is 643 g/mol. The molecule has 3 saturated carbocycles. The molecule has 3 unspecified atom stereocenters. The lowest BCUT2D eigenvalue weighted by Gasteiger charge is -2.56. The zero-order valence-electron chi connectivity index (χ0n) is 27.7. The highest BCUT2D eigenvalue weighted by atomic mass is 16.7. The number of aliphatic hydroxyl groups is 7. The van der Waals surface area contributed by atoms with Crippen molar-refractivity contribution >= 4 is 5.97 Å². The molecule has 0 aromatic rings. The molecule has 5 fully saturated rings. The summed E-state index contributed by atoms with van der Waals surface area (Å²) < 4.78 is 17.9. The third kappa shape index (κ3) is 6.01. The number of aliphatic hydroxyl groups excluding tert-OH is 7. The van der Waals surface area contributed by atoms with Gasteiger partial charge in [0.05, 0.1) is 43.5 Å². The van der Waals surface area contributed by atoms with Crippen LogP contribution in [0, 0.1) is 58.2 Å². The number of rotatable bonds is 8. The summed E-state index contributed by atoms with van der Waals surface area (Å²) in [5, 5.41) is 74.2. The van der Waals surface area contributed by atoms with Gasteiger partial charge in [-0.2, -0.15) is 0 Å². The summed E-state index contributed by atoms with van der Waals surface area (Å²) in [6, 6.07) is 0. The van der Waals surface area contributed by atoms with Crippen molar-refractivity contribution in [3.05, 3.63) is 0 Å². The summed E-state index contributed by atoms with van der Waals surface area (Å²) in [5.74, 6) is -0.248. The van der Waals surface area contributed by atoms with Crippen molar-refractivity contribution in [3.63, 3.8) is 0 Å². The number of carbonyl (C=O) groups is 1. The van der Waals surface area contributed by atoms with Gasteiger partial charge >= 0.3 is 5.97 Å². The smallest absolute Gasteiger partial charge is 0.309 e. The van der Waals surface area contributed by atoms with E-state index in [1.165, 1.54) is 0 Å². The van der Waals surface area contributed by atoms with Gasteiger partial charge in [0.15, 0.2) is 6.29 Å². The Morgan fingerprint density at radius 3 is 2.22 bits per heavy atom. The van der Waals surface area contributed by atoms with Crippen LogP contribution in [-0.2, 0) is 19.0 Å². The van der Waals surface area contributed by atoms with E-state index in [1.807, 2.05) is 20.8 Å². The summed E-state index contributed by atoms with van der Waals surface area (Å²) >= 11 is 0. The molecule has 2 saturated heterocycles. The largest absolute Gasteiger partial charge is 0.465 e. The summed E-state index contributed by atoms with van der Waals surface area (Å²) in [6.45, 7) is 12.3. The topological polar surface area (TPSA) is 186 Å². The number of fused-ring (bicyclic) bond motifs is 5. The van der Waals surface area contributed by atoms with E-state index < -0.39 is 73.1 Å². The van der Waals surface area contributed by atoms with Gasteiger partial charge in [-0.05, 0) is 90.8 Å². The molecular weight excluding hydrogens is 584 g/mol. The van der Waals surface area contributed by atoms with E-state index in [1.54, 1.807) is 0 Å². The quantitative estimate of drug-likeness (QED) is 0.189. The van der Waals surface area contributed by atoms with Gasteiger partial charge in [-0.3, -0.25) is 4.79 Å². The van der Waals surface area contributed by atoms with E-state index in [0.29, 0.717) is 13.0 Å². The third-order valence-corrected chi connectivity index (χ3v) is 13.6. The fourth-order valence-electron chi connectivity index (χ4n) is 10.5. The molecule has 0 bridgehead atoms. The van der Waals surface area contributed by atoms with E-state index in [4.69, 9.17) is 14.2 Å². The van der Waals surface area contributed by atoms with Crippen LogP contribution in [0.15, 0.2) is 0 Å². The molecule has 260 valence electrons. The van der Waals surface area contributed by atoms with Crippen LogP contribution in [0.1, 0.15) is 80.1 Å². The Morgan fingerprint density at radius 2 is 1.58 bits per heavy atom. The Bertz CT molecular complexity index is 1040. The highest BCUT2D eigenvalue weighted by molar-refractivity contribution is 5.74. The summed E-state index contributed by atoms with van der Waals surface area (Å²) in [6.07, 6.45) is -6.34. The number of cyclic esters (lactones) is 1. The number of carbonyl (C=O) groups excluding carboxylic acids is 1. The van der Waals surface area contributed by atoms with Gasteiger partial charge in [-0.15, -0.1) is 0 Å². The molecule has 0 amide bonds. The molecule has 0 spiro atoms. The maximum absolute atomic E-state index is 13.2. The highest BCUT2D eigenvalue weighted by Gasteiger charge is 2.63. The number of ether oxygens (including phenoxy) is 3. The van der Waals surface area contributed by atoms with E-state index in [2.05, 4.69) is 20.8 Å². The molecule has 0 aromatic carbocycles. The Kier molecular flexibility index (Phi) is 10.4. The second-order valence-corrected chi connectivity index (χ2v) is 16.1. The second kappa shape index (κ2) is 13.2. The Morgan fingerprint density at radius 1 is 0.911 bits per heavy atom. The second-order valence-electron chi connectivity index (χ2n) is 16.1. The van der Waals surface area contributed by atoms with Crippen LogP contribution in [0.2, 0.25) is 0 Å². The SMILES string of the molecule is CC(C)[C@H](C)[C@@H](O[C@H]1O[C@H](CO)[C@@H](O)[C@H](O)[C@H]1O)[C@H](O)[C@@H](C)C1CC[C@H]2C3COC(=O)[C@H]4C[C@H](O)[C@H](O)C[C@]4(C)C3CC[C@]12C. The molecule has 2 aliphatic heterocycles. The van der Waals surface area contributed by atoms with Gasteiger partial charge in [0.1, 0.15) is 24.4 Å². The summed E-state index contributed by atoms with van der Waals surface area (Å²) in [5.41, 5.74) is -0.593. The minimum Gasteiger partial charge on any atom is -0.465 e. The molecule has 5 rings (SSSR count). The van der Waals surface area contributed by atoms with Gasteiger partial charge in [0.25, 0.3) is 0 Å². The molecule has 45 heavy (non-hydrogen) atoms. The Balaban J connectivity index is 1.37. The maximum Gasteiger partial charge on any atom is 0.309 e. The van der Waals surface area contributed by atoms with Gasteiger partial charge in [-0.25, -0.2) is 0 Å². The standard InChI is InChI=1S/C34H58O11/c1-15(2)16(3)30(45-32-29(41)28(40)27(39)25(13-35)44-32)26(38)17(4)19-7-8-20-18-14-43-31(42)22-11-23(36)24(37)12-34(22,6)21(18)9-10-33(19,20)5/h15-30,32,35-41H,7-14H2,1-6H3/t16-,17-,18?,19?,20-,21?,22+,23-,24+,25+,26+,27+,28-,29+,30+,32+,33+,34+/m0/s1. The van der Waals surface area contributed by atoms with E-state index >= 15 is 0 Å². The molecular formula is C34H58O11. The highest BCUT2D eigenvalue weighted by Crippen LogP contribution is 2.66. The molecule has 0 radical (unpaired) electrons. The van der Waals surface area contributed by atoms with E-state index in [9.17, 15) is 40.5 Å². The van der Waals surface area contributed by atoms with Gasteiger partial charge in [0, 0.05) is 0 Å². The molecule has 18 atom stereocenters. The monoisotopic (exact) mass is 642 g/mol. The number of hydrogen-bond acceptors (Lipinski definition) is 11. The molecule has 0 aromatic heterocycles. The summed E-state index contributed by atoms with van der Waals surface area (Å²) in [7, 11) is 0. The van der Waals surface area contributed by atoms with Crippen LogP contribution in [0.25, 0.3) is 0 Å². The molecule has 7 N–H and O–H groups in total. The Hall–Kier alpha value is -0.890. The van der Waals surface area contributed by atoms with Crippen molar-refractivity contribution in [1.82, 2.24) is 0 Å². The van der Waals surface area contributed by atoms with Crippen LogP contribution in [0.5, 0.6) is 0 Å². The molecule has 11 nitrogen and oxygen atoms in total. The first-order valence-corrected chi connectivity index (χ1v) is 17.2. The predicted molar refractivity (Wildman–Crippen MR) is 162 cm³/mol. The average Bonchev–Trinajstić information content (AvgIpc) is 3.31. The van der Waals surface area contributed by atoms with Crippen molar-refractivity contribution in [1.29, 1.82) is 0 Å². The fraction of sp³-hybridized carbons (Fsp3) is 0.971.